The maximum absolute atomic E-state index is 6.15. The van der Waals surface area contributed by atoms with Gasteiger partial charge in [-0.05, 0) is 70.1 Å². The number of anilines is 2. The Kier molecular flexibility index (Phi) is 10.7. The first-order chi connectivity index (χ1) is 19.2. The van der Waals surface area contributed by atoms with E-state index in [1.54, 1.807) is 0 Å². The molecule has 3 heterocycles. The zero-order valence-corrected chi connectivity index (χ0v) is 24.3. The number of rotatable bonds is 14. The zero-order chi connectivity index (χ0) is 26.9. The van der Waals surface area contributed by atoms with E-state index in [1.807, 2.05) is 6.33 Å². The Morgan fingerprint density at radius 2 is 1.69 bits per heavy atom. The summed E-state index contributed by atoms with van der Waals surface area (Å²) in [4.78, 5) is 14.8. The number of hydrogen-bond acceptors (Lipinski definition) is 8. The van der Waals surface area contributed by atoms with E-state index in [0.29, 0.717) is 18.1 Å². The van der Waals surface area contributed by atoms with Crippen molar-refractivity contribution in [2.75, 3.05) is 37.0 Å². The fraction of sp³-hybridized carbons (Fsp3) is 0.833. The largest absolute Gasteiger partial charge is 0.381 e. The molecule has 0 spiro atoms. The second-order valence-electron chi connectivity index (χ2n) is 12.3. The normalized spacial score (nSPS) is 23.5. The molecular weight excluding hydrogens is 488 g/mol. The number of unbranched alkanes of at least 4 members (excludes halogenated alkanes) is 3. The summed E-state index contributed by atoms with van der Waals surface area (Å²) >= 11 is 0. The third-order valence-electron chi connectivity index (χ3n) is 9.17. The Morgan fingerprint density at radius 3 is 2.46 bits per heavy atom. The molecule has 3 aliphatic rings. The Balaban J connectivity index is 1.16. The summed E-state index contributed by atoms with van der Waals surface area (Å²) in [5.41, 5.74) is 11.7. The van der Waals surface area contributed by atoms with Crippen LogP contribution in [-0.2, 0) is 4.74 Å². The van der Waals surface area contributed by atoms with Crippen LogP contribution in [0.15, 0.2) is 6.33 Å². The van der Waals surface area contributed by atoms with Crippen molar-refractivity contribution in [2.45, 2.75) is 128 Å². The van der Waals surface area contributed by atoms with Crippen molar-refractivity contribution in [1.82, 2.24) is 24.5 Å². The summed E-state index contributed by atoms with van der Waals surface area (Å²) in [6.07, 6.45) is 21.3. The fourth-order valence-electron chi connectivity index (χ4n) is 6.60. The zero-order valence-electron chi connectivity index (χ0n) is 24.3. The van der Waals surface area contributed by atoms with Crippen LogP contribution in [0.25, 0.3) is 11.2 Å². The van der Waals surface area contributed by atoms with Gasteiger partial charge in [0.2, 0.25) is 5.95 Å². The molecule has 0 amide bonds. The van der Waals surface area contributed by atoms with Crippen molar-refractivity contribution < 1.29 is 4.74 Å². The highest BCUT2D eigenvalue weighted by molar-refractivity contribution is 5.84. The molecule has 3 fully saturated rings. The molecule has 2 saturated carbocycles. The highest BCUT2D eigenvalue weighted by atomic mass is 16.5. The van der Waals surface area contributed by atoms with Gasteiger partial charge in [-0.15, -0.1) is 0 Å². The number of hydrogen-bond donors (Lipinski definition) is 3. The molecule has 1 saturated heterocycles. The number of nitrogens with zero attached hydrogens (tertiary/aromatic N) is 5. The molecule has 2 aromatic heterocycles. The molecule has 39 heavy (non-hydrogen) atoms. The van der Waals surface area contributed by atoms with Gasteiger partial charge in [0.1, 0.15) is 0 Å². The van der Waals surface area contributed by atoms with Gasteiger partial charge in [0.05, 0.1) is 6.33 Å². The summed E-state index contributed by atoms with van der Waals surface area (Å²) in [6, 6.07) is 1.22. The highest BCUT2D eigenvalue weighted by Crippen LogP contribution is 2.34. The van der Waals surface area contributed by atoms with Crippen LogP contribution < -0.4 is 16.5 Å². The predicted molar refractivity (Wildman–Crippen MR) is 159 cm³/mol. The number of nitrogens with one attached hydrogen (secondary N) is 2. The first-order valence-corrected chi connectivity index (χ1v) is 16.1. The highest BCUT2D eigenvalue weighted by Gasteiger charge is 2.25. The van der Waals surface area contributed by atoms with Crippen molar-refractivity contribution >= 4 is 22.9 Å². The second kappa shape index (κ2) is 14.6. The van der Waals surface area contributed by atoms with Crippen LogP contribution in [0, 0.1) is 5.92 Å². The van der Waals surface area contributed by atoms with E-state index in [4.69, 9.17) is 25.4 Å². The van der Waals surface area contributed by atoms with Crippen LogP contribution in [0.1, 0.15) is 116 Å². The molecule has 0 unspecified atom stereocenters. The Labute approximate surface area is 235 Å². The number of nitrogens with two attached hydrogens (primary N) is 1. The Hall–Kier alpha value is -1.97. The lowest BCUT2D eigenvalue weighted by Crippen LogP contribution is -2.38. The van der Waals surface area contributed by atoms with Gasteiger partial charge in [0.15, 0.2) is 17.0 Å². The van der Waals surface area contributed by atoms with Gasteiger partial charge in [-0.3, -0.25) is 0 Å². The SMILES string of the molecule is CCCCOCCCCCC1CCN(Nc2nc(NC3CCC(N)CC3)nc3c2ncn3C2CCCC2)CC1. The van der Waals surface area contributed by atoms with Gasteiger partial charge >= 0.3 is 0 Å². The van der Waals surface area contributed by atoms with Crippen LogP contribution in [-0.4, -0.2) is 62.9 Å². The van der Waals surface area contributed by atoms with E-state index in [-0.39, 0.29) is 0 Å². The first-order valence-electron chi connectivity index (χ1n) is 16.1. The quantitative estimate of drug-likeness (QED) is 0.249. The molecule has 0 radical (unpaired) electrons. The van der Waals surface area contributed by atoms with E-state index in [9.17, 15) is 0 Å². The lowest BCUT2D eigenvalue weighted by atomic mass is 9.92. The molecule has 0 atom stereocenters. The second-order valence-corrected chi connectivity index (χ2v) is 12.3. The standard InChI is InChI=1S/C30H52N8O/c1-2-3-20-39-21-8-4-5-9-23-16-18-37(19-17-23)36-28-27-29(38(22-32-27)26-10-6-7-11-26)35-30(34-28)33-25-14-12-24(31)13-15-25/h22-26H,2-21,31H2,1H3,(H2,33,34,35,36). The Morgan fingerprint density at radius 1 is 0.923 bits per heavy atom. The molecule has 5 rings (SSSR count). The van der Waals surface area contributed by atoms with Crippen molar-refractivity contribution in [3.8, 4) is 0 Å². The number of aromatic nitrogens is 4. The van der Waals surface area contributed by atoms with Gasteiger partial charge in [-0.1, -0.05) is 45.4 Å². The molecule has 1 aliphatic heterocycles. The fourth-order valence-corrected chi connectivity index (χ4v) is 6.60. The molecule has 218 valence electrons. The number of ether oxygens (including phenoxy) is 1. The molecule has 2 aromatic rings. The maximum atomic E-state index is 6.15. The van der Waals surface area contributed by atoms with Crippen LogP contribution in [0.2, 0.25) is 0 Å². The van der Waals surface area contributed by atoms with Crippen LogP contribution in [0.4, 0.5) is 11.8 Å². The number of fused-ring (bicyclic) bond motifs is 1. The predicted octanol–water partition coefficient (Wildman–Crippen LogP) is 6.04. The first kappa shape index (κ1) is 28.6. The van der Waals surface area contributed by atoms with Gasteiger partial charge in [0, 0.05) is 44.4 Å². The third-order valence-corrected chi connectivity index (χ3v) is 9.17. The van der Waals surface area contributed by atoms with E-state index >= 15 is 0 Å². The van der Waals surface area contributed by atoms with E-state index < -0.39 is 0 Å². The smallest absolute Gasteiger partial charge is 0.227 e. The van der Waals surface area contributed by atoms with E-state index in [0.717, 1.165) is 80.8 Å². The average Bonchev–Trinajstić information content (AvgIpc) is 3.63. The lowest BCUT2D eigenvalue weighted by molar-refractivity contribution is 0.126. The van der Waals surface area contributed by atoms with E-state index in [2.05, 4.69) is 27.2 Å². The molecule has 4 N–H and O–H groups in total. The van der Waals surface area contributed by atoms with Crippen molar-refractivity contribution in [3.63, 3.8) is 0 Å². The van der Waals surface area contributed by atoms with Gasteiger partial charge < -0.3 is 25.8 Å². The van der Waals surface area contributed by atoms with Crippen molar-refractivity contribution in [1.29, 1.82) is 0 Å². The van der Waals surface area contributed by atoms with Crippen LogP contribution in [0.3, 0.4) is 0 Å². The summed E-state index contributed by atoms with van der Waals surface area (Å²) in [7, 11) is 0. The number of hydrazine groups is 1. The monoisotopic (exact) mass is 540 g/mol. The topological polar surface area (TPSA) is 106 Å². The van der Waals surface area contributed by atoms with E-state index in [1.165, 1.54) is 77.0 Å². The minimum atomic E-state index is 0.333. The van der Waals surface area contributed by atoms with Gasteiger partial charge in [-0.25, -0.2) is 9.99 Å². The molecule has 2 aliphatic carbocycles. The average molecular weight is 541 g/mol. The molecular formula is C30H52N8O. The van der Waals surface area contributed by atoms with Gasteiger partial charge in [-0.2, -0.15) is 9.97 Å². The molecule has 9 nitrogen and oxygen atoms in total. The van der Waals surface area contributed by atoms with Crippen molar-refractivity contribution in [3.05, 3.63) is 6.33 Å². The summed E-state index contributed by atoms with van der Waals surface area (Å²) < 4.78 is 8.02. The van der Waals surface area contributed by atoms with Crippen LogP contribution in [0.5, 0.6) is 0 Å². The minimum Gasteiger partial charge on any atom is -0.381 e. The lowest BCUT2D eigenvalue weighted by Gasteiger charge is -2.32. The summed E-state index contributed by atoms with van der Waals surface area (Å²) in [5, 5.41) is 5.99. The van der Waals surface area contributed by atoms with Crippen LogP contribution >= 0.6 is 0 Å². The summed E-state index contributed by atoms with van der Waals surface area (Å²) in [5.74, 6) is 2.39. The summed E-state index contributed by atoms with van der Waals surface area (Å²) in [6.45, 7) is 6.16. The number of imidazole rings is 1. The minimum absolute atomic E-state index is 0.333. The number of piperidine rings is 1. The Bertz CT molecular complexity index is 990. The van der Waals surface area contributed by atoms with Gasteiger partial charge in [0.25, 0.3) is 0 Å². The van der Waals surface area contributed by atoms with Crippen molar-refractivity contribution in [2.24, 2.45) is 11.7 Å². The third kappa shape index (κ3) is 8.04. The molecule has 9 heteroatoms. The molecule has 0 aromatic carbocycles. The molecule has 0 bridgehead atoms. The maximum Gasteiger partial charge on any atom is 0.227 e.